The fourth-order valence-electron chi connectivity index (χ4n) is 3.66. The molecule has 2 fully saturated rings. The van der Waals surface area contributed by atoms with Gasteiger partial charge in [0.05, 0.1) is 17.3 Å². The van der Waals surface area contributed by atoms with Gasteiger partial charge in [-0.25, -0.2) is 0 Å². The smallest absolute Gasteiger partial charge is 0.230 e. The lowest BCUT2D eigenvalue weighted by molar-refractivity contribution is -0.126. The molecule has 1 amide bonds. The van der Waals surface area contributed by atoms with Gasteiger partial charge in [0.15, 0.2) is 0 Å². The van der Waals surface area contributed by atoms with Crippen LogP contribution in [0, 0.1) is 11.3 Å². The molecule has 0 aliphatic heterocycles. The topological polar surface area (TPSA) is 42.0 Å². The minimum Gasteiger partial charge on any atom is -0.324 e. The van der Waals surface area contributed by atoms with Crippen LogP contribution >= 0.6 is 0 Å². The molecule has 1 aromatic heterocycles. The molecular formula is C14H18N2O. The zero-order valence-corrected chi connectivity index (χ0v) is 9.98. The van der Waals surface area contributed by atoms with Crippen molar-refractivity contribution >= 4 is 11.6 Å². The molecule has 2 saturated carbocycles. The molecule has 17 heavy (non-hydrogen) atoms. The van der Waals surface area contributed by atoms with E-state index in [0.29, 0.717) is 5.92 Å². The largest absolute Gasteiger partial charge is 0.324 e. The van der Waals surface area contributed by atoms with E-state index < -0.39 is 0 Å². The second-order valence-corrected chi connectivity index (χ2v) is 5.33. The molecule has 0 radical (unpaired) electrons. The van der Waals surface area contributed by atoms with Crippen molar-refractivity contribution in [3.63, 3.8) is 0 Å². The SMILES string of the molecule is O=C(Nc1cccnc1)C12CCCC1CCC2. The van der Waals surface area contributed by atoms with Crippen LogP contribution in [0.25, 0.3) is 0 Å². The molecule has 3 nitrogen and oxygen atoms in total. The molecule has 3 rings (SSSR count). The van der Waals surface area contributed by atoms with E-state index in [4.69, 9.17) is 0 Å². The van der Waals surface area contributed by atoms with Crippen LogP contribution in [0.4, 0.5) is 5.69 Å². The second kappa shape index (κ2) is 4.13. The van der Waals surface area contributed by atoms with E-state index in [0.717, 1.165) is 18.5 Å². The van der Waals surface area contributed by atoms with Gasteiger partial charge in [-0.1, -0.05) is 12.8 Å². The van der Waals surface area contributed by atoms with Crippen LogP contribution in [-0.2, 0) is 4.79 Å². The number of amides is 1. The lowest BCUT2D eigenvalue weighted by atomic mass is 9.79. The monoisotopic (exact) mass is 230 g/mol. The third-order valence-electron chi connectivity index (χ3n) is 4.50. The lowest BCUT2D eigenvalue weighted by Crippen LogP contribution is -2.36. The summed E-state index contributed by atoms with van der Waals surface area (Å²) in [7, 11) is 0. The highest BCUT2D eigenvalue weighted by Gasteiger charge is 2.51. The number of hydrogen-bond donors (Lipinski definition) is 1. The van der Waals surface area contributed by atoms with Gasteiger partial charge in [0.1, 0.15) is 0 Å². The van der Waals surface area contributed by atoms with Crippen molar-refractivity contribution in [2.75, 3.05) is 5.32 Å². The average molecular weight is 230 g/mol. The van der Waals surface area contributed by atoms with E-state index in [9.17, 15) is 4.79 Å². The first kappa shape index (κ1) is 10.8. The zero-order chi connectivity index (χ0) is 11.7. The van der Waals surface area contributed by atoms with Gasteiger partial charge in [0.25, 0.3) is 0 Å². The molecule has 1 aromatic rings. The fourth-order valence-corrected chi connectivity index (χ4v) is 3.66. The summed E-state index contributed by atoms with van der Waals surface area (Å²) in [5.74, 6) is 0.852. The molecule has 90 valence electrons. The molecule has 2 aliphatic carbocycles. The van der Waals surface area contributed by atoms with Crippen LogP contribution in [-0.4, -0.2) is 10.9 Å². The maximum atomic E-state index is 12.5. The highest BCUT2D eigenvalue weighted by atomic mass is 16.2. The Kier molecular flexibility index (Phi) is 2.61. The fraction of sp³-hybridized carbons (Fsp3) is 0.571. The molecule has 0 spiro atoms. The predicted molar refractivity (Wildman–Crippen MR) is 66.5 cm³/mol. The van der Waals surface area contributed by atoms with Crippen LogP contribution < -0.4 is 5.32 Å². The van der Waals surface area contributed by atoms with Crippen molar-refractivity contribution in [3.8, 4) is 0 Å². The van der Waals surface area contributed by atoms with Gasteiger partial charge < -0.3 is 5.32 Å². The molecule has 1 heterocycles. The van der Waals surface area contributed by atoms with Gasteiger partial charge in [0, 0.05) is 6.20 Å². The Morgan fingerprint density at radius 3 is 2.76 bits per heavy atom. The van der Waals surface area contributed by atoms with Crippen LogP contribution in [0.5, 0.6) is 0 Å². The minimum atomic E-state index is -0.0597. The summed E-state index contributed by atoms with van der Waals surface area (Å²) >= 11 is 0. The van der Waals surface area contributed by atoms with Gasteiger partial charge in [-0.2, -0.15) is 0 Å². The lowest BCUT2D eigenvalue weighted by Gasteiger charge is -2.27. The maximum absolute atomic E-state index is 12.5. The van der Waals surface area contributed by atoms with Crippen molar-refractivity contribution in [3.05, 3.63) is 24.5 Å². The van der Waals surface area contributed by atoms with Gasteiger partial charge in [-0.15, -0.1) is 0 Å². The maximum Gasteiger partial charge on any atom is 0.230 e. The van der Waals surface area contributed by atoms with E-state index >= 15 is 0 Å². The summed E-state index contributed by atoms with van der Waals surface area (Å²) in [6.45, 7) is 0. The molecule has 0 unspecified atom stereocenters. The average Bonchev–Trinajstić information content (AvgIpc) is 2.89. The predicted octanol–water partition coefficient (Wildman–Crippen LogP) is 2.99. The first-order valence-electron chi connectivity index (χ1n) is 6.53. The first-order valence-corrected chi connectivity index (χ1v) is 6.53. The van der Waals surface area contributed by atoms with Crippen molar-refractivity contribution in [1.82, 2.24) is 4.98 Å². The number of nitrogens with one attached hydrogen (secondary N) is 1. The molecule has 0 aromatic carbocycles. The van der Waals surface area contributed by atoms with Crippen molar-refractivity contribution in [2.45, 2.75) is 38.5 Å². The van der Waals surface area contributed by atoms with E-state index in [1.54, 1.807) is 12.4 Å². The highest BCUT2D eigenvalue weighted by molar-refractivity contribution is 5.95. The third-order valence-corrected chi connectivity index (χ3v) is 4.50. The molecule has 0 bridgehead atoms. The highest BCUT2D eigenvalue weighted by Crippen LogP contribution is 2.54. The Morgan fingerprint density at radius 2 is 2.12 bits per heavy atom. The second-order valence-electron chi connectivity index (χ2n) is 5.33. The van der Waals surface area contributed by atoms with Crippen molar-refractivity contribution < 1.29 is 4.79 Å². The summed E-state index contributed by atoms with van der Waals surface area (Å²) in [5, 5.41) is 3.04. The van der Waals surface area contributed by atoms with Gasteiger partial charge >= 0.3 is 0 Å². The van der Waals surface area contributed by atoms with E-state index in [1.807, 2.05) is 12.1 Å². The van der Waals surface area contributed by atoms with Crippen LogP contribution in [0.15, 0.2) is 24.5 Å². The summed E-state index contributed by atoms with van der Waals surface area (Å²) in [5.41, 5.74) is 0.764. The van der Waals surface area contributed by atoms with Crippen LogP contribution in [0.1, 0.15) is 38.5 Å². The zero-order valence-electron chi connectivity index (χ0n) is 9.98. The molecule has 0 saturated heterocycles. The number of carbonyl (C=O) groups is 1. The Labute approximate surface area is 102 Å². The minimum absolute atomic E-state index is 0.0597. The van der Waals surface area contributed by atoms with Gasteiger partial charge in [-0.3, -0.25) is 9.78 Å². The van der Waals surface area contributed by atoms with Gasteiger partial charge in [0.2, 0.25) is 5.91 Å². The molecule has 0 atom stereocenters. The van der Waals surface area contributed by atoms with E-state index in [2.05, 4.69) is 10.3 Å². The number of hydrogen-bond acceptors (Lipinski definition) is 2. The number of aromatic nitrogens is 1. The van der Waals surface area contributed by atoms with Crippen LogP contribution in [0.3, 0.4) is 0 Å². The van der Waals surface area contributed by atoms with Gasteiger partial charge in [-0.05, 0) is 43.7 Å². The van der Waals surface area contributed by atoms with Crippen molar-refractivity contribution in [1.29, 1.82) is 0 Å². The summed E-state index contributed by atoms with van der Waals surface area (Å²) in [4.78, 5) is 16.5. The third kappa shape index (κ3) is 1.74. The first-order chi connectivity index (χ1) is 8.31. The van der Waals surface area contributed by atoms with E-state index in [-0.39, 0.29) is 11.3 Å². The molecule has 1 N–H and O–H groups in total. The number of anilines is 1. The molecule has 3 heteroatoms. The number of rotatable bonds is 2. The van der Waals surface area contributed by atoms with Crippen molar-refractivity contribution in [2.24, 2.45) is 11.3 Å². The summed E-state index contributed by atoms with van der Waals surface area (Å²) in [6.07, 6.45) is 10.5. The Balaban J connectivity index is 1.78. The van der Waals surface area contributed by atoms with E-state index in [1.165, 1.54) is 25.7 Å². The molecule has 2 aliphatic rings. The molecular weight excluding hydrogens is 212 g/mol. The number of carbonyl (C=O) groups excluding carboxylic acids is 1. The quantitative estimate of drug-likeness (QED) is 0.848. The number of nitrogens with zero attached hydrogens (tertiary/aromatic N) is 1. The number of pyridine rings is 1. The Hall–Kier alpha value is -1.38. The summed E-state index contributed by atoms with van der Waals surface area (Å²) in [6, 6.07) is 3.76. The normalized spacial score (nSPS) is 31.2. The number of fused-ring (bicyclic) bond motifs is 1. The Morgan fingerprint density at radius 1 is 1.35 bits per heavy atom. The standard InChI is InChI=1S/C14H18N2O/c17-13(16-12-6-3-9-15-10-12)14-7-1-4-11(14)5-2-8-14/h3,6,9-11H,1-2,4-5,7-8H2,(H,16,17). The Bertz CT molecular complexity index is 405. The summed E-state index contributed by atoms with van der Waals surface area (Å²) < 4.78 is 0. The van der Waals surface area contributed by atoms with Crippen LogP contribution in [0.2, 0.25) is 0 Å².